The lowest BCUT2D eigenvalue weighted by molar-refractivity contribution is 0.913. The van der Waals surface area contributed by atoms with Gasteiger partial charge in [-0.2, -0.15) is 0 Å². The van der Waals surface area contributed by atoms with Gasteiger partial charge in [0.15, 0.2) is 0 Å². The Kier molecular flexibility index (Phi) is 1.95. The van der Waals surface area contributed by atoms with Crippen molar-refractivity contribution in [1.82, 2.24) is 5.32 Å². The number of benzene rings is 2. The molecule has 1 aliphatic rings. The monoisotopic (exact) mass is 194 g/mol. The normalized spacial score (nSPS) is 15.1. The first kappa shape index (κ1) is 8.54. The average molecular weight is 194 g/mol. The van der Waals surface area contributed by atoms with Crippen molar-refractivity contribution in [3.63, 3.8) is 0 Å². The van der Waals surface area contributed by atoms with Crippen LogP contribution in [0, 0.1) is 0 Å². The van der Waals surface area contributed by atoms with Gasteiger partial charge in [-0.25, -0.2) is 0 Å². The minimum atomic E-state index is 0.943. The van der Waals surface area contributed by atoms with Crippen molar-refractivity contribution in [3.8, 4) is 0 Å². The van der Waals surface area contributed by atoms with Crippen molar-refractivity contribution in [1.29, 1.82) is 0 Å². The Balaban J connectivity index is 2.26. The van der Waals surface area contributed by atoms with E-state index in [9.17, 15) is 0 Å². The zero-order valence-electron chi connectivity index (χ0n) is 8.48. The molecule has 0 atom stereocenters. The van der Waals surface area contributed by atoms with Crippen molar-refractivity contribution in [2.75, 3.05) is 6.54 Å². The summed E-state index contributed by atoms with van der Waals surface area (Å²) in [5, 5.41) is 7.11. The molecule has 0 aromatic heterocycles. The molecule has 1 radical (unpaired) electrons. The molecule has 0 unspecified atom stereocenters. The van der Waals surface area contributed by atoms with Crippen LogP contribution in [0.1, 0.15) is 12.0 Å². The van der Waals surface area contributed by atoms with Gasteiger partial charge < -0.3 is 0 Å². The quantitative estimate of drug-likeness (QED) is 0.662. The topological polar surface area (TPSA) is 14.1 Å². The van der Waals surface area contributed by atoms with E-state index in [-0.39, 0.29) is 0 Å². The molecule has 1 aliphatic heterocycles. The van der Waals surface area contributed by atoms with Crippen LogP contribution in [0.3, 0.4) is 0 Å². The summed E-state index contributed by atoms with van der Waals surface area (Å²) in [5.41, 5.74) is 2.43. The maximum Gasteiger partial charge on any atom is 0.0613 e. The third-order valence-corrected chi connectivity index (χ3v) is 2.81. The third-order valence-electron chi connectivity index (χ3n) is 2.81. The van der Waals surface area contributed by atoms with Gasteiger partial charge in [0.2, 0.25) is 0 Å². The fraction of sp³-hybridized carbons (Fsp3) is 0.143. The second-order valence-corrected chi connectivity index (χ2v) is 3.79. The van der Waals surface area contributed by atoms with Crippen LogP contribution in [0.25, 0.3) is 16.5 Å². The summed E-state index contributed by atoms with van der Waals surface area (Å²) >= 11 is 0. The SMILES string of the molecule is C1=C(c2cccc3ccccc23)[N]CC1. The smallest absolute Gasteiger partial charge is 0.0613 e. The van der Waals surface area contributed by atoms with E-state index < -0.39 is 0 Å². The number of nitrogens with zero attached hydrogens (tertiary/aromatic N) is 1. The molecular weight excluding hydrogens is 182 g/mol. The Bertz CT molecular complexity index is 520. The zero-order chi connectivity index (χ0) is 10.1. The fourth-order valence-electron chi connectivity index (χ4n) is 2.09. The Morgan fingerprint density at radius 1 is 0.933 bits per heavy atom. The summed E-state index contributed by atoms with van der Waals surface area (Å²) in [6, 6.07) is 14.9. The van der Waals surface area contributed by atoms with Crippen LogP contribution in [0.5, 0.6) is 0 Å². The van der Waals surface area contributed by atoms with Crippen molar-refractivity contribution < 1.29 is 0 Å². The highest BCUT2D eigenvalue weighted by atomic mass is 14.9. The molecule has 0 saturated carbocycles. The molecule has 0 amide bonds. The lowest BCUT2D eigenvalue weighted by Gasteiger charge is -2.06. The molecule has 0 spiro atoms. The summed E-state index contributed by atoms with van der Waals surface area (Å²) in [6.07, 6.45) is 3.31. The average Bonchev–Trinajstić information content (AvgIpc) is 2.82. The van der Waals surface area contributed by atoms with E-state index in [0.717, 1.165) is 18.7 Å². The summed E-state index contributed by atoms with van der Waals surface area (Å²) in [5.74, 6) is 0. The van der Waals surface area contributed by atoms with E-state index in [1.807, 2.05) is 0 Å². The molecule has 15 heavy (non-hydrogen) atoms. The molecule has 0 aliphatic carbocycles. The molecule has 0 saturated heterocycles. The molecule has 3 rings (SSSR count). The van der Waals surface area contributed by atoms with Gasteiger partial charge in [0.25, 0.3) is 0 Å². The minimum Gasteiger partial charge on any atom is -0.285 e. The van der Waals surface area contributed by atoms with E-state index in [1.165, 1.54) is 16.3 Å². The minimum absolute atomic E-state index is 0.943. The maximum absolute atomic E-state index is 4.52. The van der Waals surface area contributed by atoms with Crippen molar-refractivity contribution >= 4 is 16.5 Å². The maximum atomic E-state index is 4.52. The van der Waals surface area contributed by atoms with Gasteiger partial charge in [-0.05, 0) is 17.2 Å². The van der Waals surface area contributed by atoms with Gasteiger partial charge in [-0.3, -0.25) is 5.32 Å². The number of fused-ring (bicyclic) bond motifs is 1. The van der Waals surface area contributed by atoms with Crippen molar-refractivity contribution in [2.24, 2.45) is 0 Å². The van der Waals surface area contributed by atoms with Crippen LogP contribution in [0.2, 0.25) is 0 Å². The summed E-state index contributed by atoms with van der Waals surface area (Å²) < 4.78 is 0. The lowest BCUT2D eigenvalue weighted by Crippen LogP contribution is -1.97. The van der Waals surface area contributed by atoms with Crippen LogP contribution < -0.4 is 5.32 Å². The molecule has 1 nitrogen and oxygen atoms in total. The number of hydrogen-bond acceptors (Lipinski definition) is 0. The third kappa shape index (κ3) is 1.40. The van der Waals surface area contributed by atoms with Crippen molar-refractivity contribution in [2.45, 2.75) is 6.42 Å². The van der Waals surface area contributed by atoms with Gasteiger partial charge in [0.05, 0.1) is 5.70 Å². The molecular formula is C14H12N. The highest BCUT2D eigenvalue weighted by Gasteiger charge is 2.10. The van der Waals surface area contributed by atoms with Gasteiger partial charge in [-0.15, -0.1) is 0 Å². The molecule has 2 aromatic carbocycles. The van der Waals surface area contributed by atoms with Crippen LogP contribution >= 0.6 is 0 Å². The van der Waals surface area contributed by atoms with Crippen molar-refractivity contribution in [3.05, 3.63) is 54.1 Å². The van der Waals surface area contributed by atoms with Gasteiger partial charge in [0.1, 0.15) is 0 Å². The Labute approximate surface area is 89.4 Å². The summed E-state index contributed by atoms with van der Waals surface area (Å²) in [6.45, 7) is 0.943. The van der Waals surface area contributed by atoms with Gasteiger partial charge in [-0.1, -0.05) is 48.5 Å². The zero-order valence-corrected chi connectivity index (χ0v) is 8.48. The first-order chi connectivity index (χ1) is 7.45. The molecule has 0 fully saturated rings. The van der Waals surface area contributed by atoms with Crippen LogP contribution in [-0.2, 0) is 0 Å². The van der Waals surface area contributed by atoms with Crippen LogP contribution in [0.4, 0.5) is 0 Å². The molecule has 73 valence electrons. The largest absolute Gasteiger partial charge is 0.285 e. The second-order valence-electron chi connectivity index (χ2n) is 3.79. The Morgan fingerprint density at radius 2 is 1.80 bits per heavy atom. The van der Waals surface area contributed by atoms with E-state index in [1.54, 1.807) is 0 Å². The lowest BCUT2D eigenvalue weighted by atomic mass is 10.0. The van der Waals surface area contributed by atoms with Gasteiger partial charge in [0, 0.05) is 12.1 Å². The standard InChI is InChI=1S/C14H12N/c1-2-7-12-11(5-1)6-3-8-13(12)14-9-4-10-15-14/h1-3,5-9H,4,10H2. The van der Waals surface area contributed by atoms with Crippen LogP contribution in [-0.4, -0.2) is 6.54 Å². The van der Waals surface area contributed by atoms with E-state index in [4.69, 9.17) is 0 Å². The molecule has 0 bridgehead atoms. The molecule has 2 aromatic rings. The Morgan fingerprint density at radius 3 is 2.67 bits per heavy atom. The molecule has 1 heterocycles. The van der Waals surface area contributed by atoms with E-state index >= 15 is 0 Å². The second kappa shape index (κ2) is 3.43. The predicted octanol–water partition coefficient (Wildman–Crippen LogP) is 3.19. The van der Waals surface area contributed by atoms with Gasteiger partial charge >= 0.3 is 0 Å². The fourth-order valence-corrected chi connectivity index (χ4v) is 2.09. The summed E-state index contributed by atoms with van der Waals surface area (Å²) in [7, 11) is 0. The first-order valence-electron chi connectivity index (χ1n) is 5.31. The number of rotatable bonds is 1. The highest BCUT2D eigenvalue weighted by Crippen LogP contribution is 2.26. The Hall–Kier alpha value is -1.76. The number of hydrogen-bond donors (Lipinski definition) is 0. The summed E-state index contributed by atoms with van der Waals surface area (Å²) in [4.78, 5) is 0. The molecule has 0 N–H and O–H groups in total. The van der Waals surface area contributed by atoms with E-state index in [0.29, 0.717) is 0 Å². The predicted molar refractivity (Wildman–Crippen MR) is 63.5 cm³/mol. The first-order valence-corrected chi connectivity index (χ1v) is 5.31. The highest BCUT2D eigenvalue weighted by molar-refractivity contribution is 5.93. The molecule has 1 heteroatoms. The van der Waals surface area contributed by atoms with E-state index in [2.05, 4.69) is 53.9 Å². The van der Waals surface area contributed by atoms with Crippen LogP contribution in [0.15, 0.2) is 48.5 Å².